The predicted molar refractivity (Wildman–Crippen MR) is 165 cm³/mol. The summed E-state index contributed by atoms with van der Waals surface area (Å²) in [6.45, 7) is 9.39. The van der Waals surface area contributed by atoms with Crippen LogP contribution >= 0.6 is 0 Å². The lowest BCUT2D eigenvalue weighted by Gasteiger charge is -2.05. The van der Waals surface area contributed by atoms with Crippen LogP contribution in [-0.4, -0.2) is 4.57 Å². The number of nitrogens with zero attached hydrogens (tertiary/aromatic N) is 2. The van der Waals surface area contributed by atoms with E-state index in [0.717, 1.165) is 5.92 Å². The summed E-state index contributed by atoms with van der Waals surface area (Å²) in [6.07, 6.45) is 44.2. The summed E-state index contributed by atoms with van der Waals surface area (Å²) in [5, 5.41) is 0. The Kier molecular flexibility index (Phi) is 24.8. The lowest BCUT2D eigenvalue weighted by atomic mass is 10.0. The van der Waals surface area contributed by atoms with Gasteiger partial charge in [0.15, 0.2) is 0 Å². The molecule has 2 heteroatoms. The second kappa shape index (κ2) is 26.8. The highest BCUT2D eigenvalue weighted by Gasteiger charge is 2.04. The van der Waals surface area contributed by atoms with E-state index in [2.05, 4.69) is 48.6 Å². The molecule has 1 heterocycles. The maximum atomic E-state index is 2.41. The lowest BCUT2D eigenvalue weighted by Crippen LogP contribution is -2.30. The third kappa shape index (κ3) is 24.0. The Hall–Kier alpha value is -0.790. The van der Waals surface area contributed by atoms with Crippen molar-refractivity contribution in [1.29, 1.82) is 0 Å². The van der Waals surface area contributed by atoms with E-state index in [1.807, 2.05) is 0 Å². The molecule has 0 fully saturated rings. The normalized spacial score (nSPS) is 11.7. The molecule has 0 N–H and O–H groups in total. The smallest absolute Gasteiger partial charge is 0.237 e. The van der Waals surface area contributed by atoms with E-state index >= 15 is 0 Å². The first kappa shape index (κ1) is 34.2. The number of hydrogen-bond acceptors (Lipinski definition) is 0. The van der Waals surface area contributed by atoms with Crippen LogP contribution in [-0.2, 0) is 13.1 Å². The van der Waals surface area contributed by atoms with Crippen LogP contribution in [0.15, 0.2) is 18.7 Å². The molecule has 0 atom stereocenters. The quantitative estimate of drug-likeness (QED) is 0.0737. The molecule has 0 spiro atoms. The van der Waals surface area contributed by atoms with Crippen molar-refractivity contribution in [3.05, 3.63) is 18.7 Å². The van der Waals surface area contributed by atoms with Crippen LogP contribution in [0.3, 0.4) is 0 Å². The average molecular weight is 518 g/mol. The van der Waals surface area contributed by atoms with E-state index in [1.165, 1.54) is 180 Å². The number of aryl methyl sites for hydroxylation is 2. The topological polar surface area (TPSA) is 8.81 Å². The summed E-state index contributed by atoms with van der Waals surface area (Å²) in [6, 6.07) is 0. The molecule has 1 rings (SSSR count). The van der Waals surface area contributed by atoms with Gasteiger partial charge >= 0.3 is 0 Å². The second-order valence-electron chi connectivity index (χ2n) is 12.6. The fraction of sp³-hybridized carbons (Fsp3) is 0.914. The lowest BCUT2D eigenvalue weighted by molar-refractivity contribution is -0.696. The van der Waals surface area contributed by atoms with Crippen LogP contribution < -0.4 is 4.57 Å². The Morgan fingerprint density at radius 3 is 1.38 bits per heavy atom. The fourth-order valence-corrected chi connectivity index (χ4v) is 5.63. The number of imidazole rings is 1. The molecule has 0 bridgehead atoms. The highest BCUT2D eigenvalue weighted by atomic mass is 15.1. The van der Waals surface area contributed by atoms with Crippen molar-refractivity contribution in [1.82, 2.24) is 4.57 Å². The minimum atomic E-state index is 0.889. The van der Waals surface area contributed by atoms with E-state index in [-0.39, 0.29) is 0 Å². The van der Waals surface area contributed by atoms with Gasteiger partial charge in [0.1, 0.15) is 12.4 Å². The monoisotopic (exact) mass is 518 g/mol. The van der Waals surface area contributed by atoms with Crippen LogP contribution in [0, 0.1) is 5.92 Å². The van der Waals surface area contributed by atoms with Gasteiger partial charge in [0, 0.05) is 0 Å². The summed E-state index contributed by atoms with van der Waals surface area (Å²) in [7, 11) is 0. The zero-order valence-corrected chi connectivity index (χ0v) is 26.0. The molecule has 1 aromatic heterocycles. The Bertz CT molecular complexity index is 561. The molecule has 0 aliphatic heterocycles. The first-order valence-electron chi connectivity index (χ1n) is 17.3. The molecule has 218 valence electrons. The molecular weight excluding hydrogens is 448 g/mol. The zero-order chi connectivity index (χ0) is 26.7. The molecule has 0 saturated heterocycles. The van der Waals surface area contributed by atoms with Gasteiger partial charge in [-0.1, -0.05) is 162 Å². The van der Waals surface area contributed by atoms with Crippen LogP contribution in [0.4, 0.5) is 0 Å². The van der Waals surface area contributed by atoms with Crippen molar-refractivity contribution in [3.8, 4) is 0 Å². The van der Waals surface area contributed by atoms with E-state index in [9.17, 15) is 0 Å². The van der Waals surface area contributed by atoms with Crippen molar-refractivity contribution in [2.24, 2.45) is 5.92 Å². The highest BCUT2D eigenvalue weighted by Crippen LogP contribution is 2.15. The van der Waals surface area contributed by atoms with Gasteiger partial charge in [-0.15, -0.1) is 0 Å². The molecule has 1 aromatic rings. The Morgan fingerprint density at radius 1 is 0.514 bits per heavy atom. The Balaban J connectivity index is 1.80. The molecule has 0 aliphatic rings. The van der Waals surface area contributed by atoms with Gasteiger partial charge in [0.2, 0.25) is 6.33 Å². The minimum Gasteiger partial charge on any atom is -0.237 e. The van der Waals surface area contributed by atoms with Gasteiger partial charge in [0.25, 0.3) is 0 Å². The van der Waals surface area contributed by atoms with E-state index < -0.39 is 0 Å². The first-order valence-corrected chi connectivity index (χ1v) is 17.3. The molecule has 0 aromatic carbocycles. The van der Waals surface area contributed by atoms with Crippen LogP contribution in [0.1, 0.15) is 188 Å². The molecule has 37 heavy (non-hydrogen) atoms. The first-order chi connectivity index (χ1) is 18.2. The highest BCUT2D eigenvalue weighted by molar-refractivity contribution is 4.66. The van der Waals surface area contributed by atoms with Crippen LogP contribution in [0.25, 0.3) is 0 Å². The van der Waals surface area contributed by atoms with Crippen molar-refractivity contribution < 1.29 is 4.57 Å². The fourth-order valence-electron chi connectivity index (χ4n) is 5.63. The standard InChI is InChI=1S/C35H69N2/c1-4-5-6-7-8-9-15-18-21-24-27-30-36-32-33-37(34-36)31-28-25-22-19-16-13-11-10-12-14-17-20-23-26-29-35(2)3/h32-35H,4-31H2,1-3H3/q+1. The van der Waals surface area contributed by atoms with E-state index in [4.69, 9.17) is 0 Å². The van der Waals surface area contributed by atoms with Gasteiger partial charge in [-0.2, -0.15) is 0 Å². The van der Waals surface area contributed by atoms with Gasteiger partial charge in [0.05, 0.1) is 13.1 Å². The van der Waals surface area contributed by atoms with Gasteiger partial charge in [-0.3, -0.25) is 0 Å². The second-order valence-corrected chi connectivity index (χ2v) is 12.6. The summed E-state index contributed by atoms with van der Waals surface area (Å²) >= 11 is 0. The number of rotatable bonds is 29. The van der Waals surface area contributed by atoms with E-state index in [1.54, 1.807) is 0 Å². The minimum absolute atomic E-state index is 0.889. The van der Waals surface area contributed by atoms with Gasteiger partial charge < -0.3 is 0 Å². The molecule has 0 amide bonds. The van der Waals surface area contributed by atoms with Gasteiger partial charge in [-0.25, -0.2) is 9.13 Å². The maximum Gasteiger partial charge on any atom is 0.243 e. The summed E-state index contributed by atoms with van der Waals surface area (Å²) in [5.74, 6) is 0.889. The molecule has 0 unspecified atom stereocenters. The number of aromatic nitrogens is 2. The summed E-state index contributed by atoms with van der Waals surface area (Å²) in [4.78, 5) is 0. The van der Waals surface area contributed by atoms with Crippen molar-refractivity contribution in [3.63, 3.8) is 0 Å². The summed E-state index contributed by atoms with van der Waals surface area (Å²) in [5.41, 5.74) is 0. The molecule has 2 nitrogen and oxygen atoms in total. The summed E-state index contributed by atoms with van der Waals surface area (Å²) < 4.78 is 4.81. The Morgan fingerprint density at radius 2 is 0.919 bits per heavy atom. The largest absolute Gasteiger partial charge is 0.243 e. The molecule has 0 saturated carbocycles. The number of unbranched alkanes of at least 4 members (excludes halogenated alkanes) is 23. The molecule has 0 aliphatic carbocycles. The third-order valence-corrected chi connectivity index (χ3v) is 8.21. The van der Waals surface area contributed by atoms with Crippen molar-refractivity contribution in [2.75, 3.05) is 0 Å². The average Bonchev–Trinajstić information content (AvgIpc) is 3.34. The maximum absolute atomic E-state index is 2.41. The number of hydrogen-bond donors (Lipinski definition) is 0. The van der Waals surface area contributed by atoms with Crippen LogP contribution in [0.5, 0.6) is 0 Å². The third-order valence-electron chi connectivity index (χ3n) is 8.21. The van der Waals surface area contributed by atoms with Crippen molar-refractivity contribution in [2.45, 2.75) is 201 Å². The predicted octanol–water partition coefficient (Wildman–Crippen LogP) is 11.6. The zero-order valence-electron chi connectivity index (χ0n) is 26.0. The Labute approximate surface area is 234 Å². The molecular formula is C35H69N2+. The van der Waals surface area contributed by atoms with E-state index in [0.29, 0.717) is 0 Å². The van der Waals surface area contributed by atoms with Crippen molar-refractivity contribution >= 4 is 0 Å². The SMILES string of the molecule is CCCCCCCCCCCCCn1cc[n+](CCCCCCCCCCCCCCCCC(C)C)c1. The van der Waals surface area contributed by atoms with Crippen LogP contribution in [0.2, 0.25) is 0 Å². The molecule has 0 radical (unpaired) electrons. The van der Waals surface area contributed by atoms with Gasteiger partial charge in [-0.05, 0) is 31.6 Å².